The van der Waals surface area contributed by atoms with E-state index >= 15 is 0 Å². The largest absolute Gasteiger partial charge is 0.481 e. The quantitative estimate of drug-likeness (QED) is 0.800. The maximum absolute atomic E-state index is 10.5. The maximum atomic E-state index is 10.5. The molecule has 0 spiro atoms. The van der Waals surface area contributed by atoms with E-state index in [9.17, 15) is 4.79 Å². The number of piperidine rings is 1. The van der Waals surface area contributed by atoms with Crippen molar-refractivity contribution < 1.29 is 19.4 Å². The van der Waals surface area contributed by atoms with Crippen LogP contribution in [0.2, 0.25) is 0 Å². The van der Waals surface area contributed by atoms with Gasteiger partial charge in [0.1, 0.15) is 0 Å². The lowest BCUT2D eigenvalue weighted by atomic mass is 10.0. The fourth-order valence-corrected chi connectivity index (χ4v) is 2.55. The van der Waals surface area contributed by atoms with Crippen LogP contribution in [0.1, 0.15) is 32.1 Å². The molecule has 98 valence electrons. The molecule has 0 aromatic rings. The third-order valence-corrected chi connectivity index (χ3v) is 3.59. The number of hydrogen-bond acceptors (Lipinski definition) is 4. The molecule has 2 saturated heterocycles. The van der Waals surface area contributed by atoms with E-state index in [1.807, 2.05) is 0 Å². The molecule has 2 rings (SSSR count). The second kappa shape index (κ2) is 5.80. The van der Waals surface area contributed by atoms with Crippen LogP contribution in [0.15, 0.2) is 0 Å². The summed E-state index contributed by atoms with van der Waals surface area (Å²) in [5.41, 5.74) is 0. The van der Waals surface area contributed by atoms with Gasteiger partial charge in [-0.05, 0) is 32.9 Å². The highest BCUT2D eigenvalue weighted by molar-refractivity contribution is 5.66. The van der Waals surface area contributed by atoms with Crippen molar-refractivity contribution in [2.45, 2.75) is 50.5 Å². The molecule has 2 aliphatic rings. The van der Waals surface area contributed by atoms with Gasteiger partial charge in [0.15, 0.2) is 6.29 Å². The lowest BCUT2D eigenvalue weighted by Crippen LogP contribution is -2.45. The number of carbonyl (C=O) groups is 1. The molecule has 0 saturated carbocycles. The summed E-state index contributed by atoms with van der Waals surface area (Å²) in [6.45, 7) is 1.62. The molecular weight excluding hydrogens is 222 g/mol. The summed E-state index contributed by atoms with van der Waals surface area (Å²) in [6.07, 6.45) is 4.04. The fourth-order valence-electron chi connectivity index (χ4n) is 2.55. The first-order valence-corrected chi connectivity index (χ1v) is 6.36. The number of carboxylic acids is 1. The Kier molecular flexibility index (Phi) is 4.36. The summed E-state index contributed by atoms with van der Waals surface area (Å²) in [5, 5.41) is 8.63. The number of carboxylic acid groups (broad SMARTS) is 1. The molecule has 0 amide bonds. The highest BCUT2D eigenvalue weighted by atomic mass is 16.7. The maximum Gasteiger partial charge on any atom is 0.303 e. The van der Waals surface area contributed by atoms with E-state index in [0.717, 1.165) is 13.0 Å². The Morgan fingerprint density at radius 2 is 2.29 bits per heavy atom. The first-order chi connectivity index (χ1) is 8.16. The van der Waals surface area contributed by atoms with Crippen LogP contribution < -0.4 is 0 Å². The second-order valence-corrected chi connectivity index (χ2v) is 4.94. The van der Waals surface area contributed by atoms with E-state index in [1.165, 1.54) is 12.8 Å². The monoisotopic (exact) mass is 243 g/mol. The standard InChI is InChI=1S/C12H21NO4/c1-13-7-3-2-4-10(13)12-16-8-9(17-12)5-6-11(14)15/h9-10,12H,2-8H2,1H3,(H,14,15). The van der Waals surface area contributed by atoms with E-state index in [0.29, 0.717) is 19.1 Å². The summed E-state index contributed by atoms with van der Waals surface area (Å²) in [4.78, 5) is 12.8. The number of hydrogen-bond donors (Lipinski definition) is 1. The zero-order valence-corrected chi connectivity index (χ0v) is 10.3. The molecule has 2 heterocycles. The predicted molar refractivity (Wildman–Crippen MR) is 61.8 cm³/mol. The molecule has 0 aromatic carbocycles. The van der Waals surface area contributed by atoms with Crippen molar-refractivity contribution in [3.63, 3.8) is 0 Å². The van der Waals surface area contributed by atoms with Crippen molar-refractivity contribution in [1.82, 2.24) is 4.90 Å². The van der Waals surface area contributed by atoms with Crippen LogP contribution >= 0.6 is 0 Å². The molecule has 5 heteroatoms. The molecule has 0 aliphatic carbocycles. The van der Waals surface area contributed by atoms with Gasteiger partial charge in [-0.1, -0.05) is 6.42 Å². The Bertz CT molecular complexity index is 271. The Labute approximate surface area is 102 Å². The number of likely N-dealkylation sites (N-methyl/N-ethyl adjacent to an activating group) is 1. The Balaban J connectivity index is 1.78. The first kappa shape index (κ1) is 12.8. The van der Waals surface area contributed by atoms with Gasteiger partial charge in [0, 0.05) is 6.42 Å². The van der Waals surface area contributed by atoms with E-state index < -0.39 is 5.97 Å². The molecule has 17 heavy (non-hydrogen) atoms. The van der Waals surface area contributed by atoms with Crippen LogP contribution in [-0.2, 0) is 14.3 Å². The fraction of sp³-hybridized carbons (Fsp3) is 0.917. The van der Waals surface area contributed by atoms with Gasteiger partial charge in [-0.3, -0.25) is 9.69 Å². The number of ether oxygens (including phenoxy) is 2. The van der Waals surface area contributed by atoms with Crippen LogP contribution in [0.3, 0.4) is 0 Å². The topological polar surface area (TPSA) is 59.0 Å². The normalized spacial score (nSPS) is 35.0. The first-order valence-electron chi connectivity index (χ1n) is 6.36. The van der Waals surface area contributed by atoms with Gasteiger partial charge < -0.3 is 14.6 Å². The third kappa shape index (κ3) is 3.40. The number of rotatable bonds is 4. The number of aliphatic carboxylic acids is 1. The third-order valence-electron chi connectivity index (χ3n) is 3.59. The molecule has 1 N–H and O–H groups in total. The minimum Gasteiger partial charge on any atom is -0.481 e. The predicted octanol–water partition coefficient (Wildman–Crippen LogP) is 1.08. The summed E-state index contributed by atoms with van der Waals surface area (Å²) in [5.74, 6) is -0.771. The van der Waals surface area contributed by atoms with Crippen molar-refractivity contribution >= 4 is 5.97 Å². The Hall–Kier alpha value is -0.650. The summed E-state index contributed by atoms with van der Waals surface area (Å²) < 4.78 is 11.4. The van der Waals surface area contributed by atoms with Gasteiger partial charge in [-0.15, -0.1) is 0 Å². The van der Waals surface area contributed by atoms with Crippen molar-refractivity contribution in [2.75, 3.05) is 20.2 Å². The lowest BCUT2D eigenvalue weighted by molar-refractivity contribution is -0.138. The van der Waals surface area contributed by atoms with Crippen LogP contribution in [0.5, 0.6) is 0 Å². The zero-order chi connectivity index (χ0) is 12.3. The summed E-state index contributed by atoms with van der Waals surface area (Å²) in [6, 6.07) is 0.332. The van der Waals surface area contributed by atoms with Gasteiger partial charge in [0.05, 0.1) is 18.8 Å². The van der Waals surface area contributed by atoms with E-state index in [2.05, 4.69) is 11.9 Å². The molecule has 3 atom stereocenters. The van der Waals surface area contributed by atoms with E-state index in [1.54, 1.807) is 0 Å². The highest BCUT2D eigenvalue weighted by Crippen LogP contribution is 2.26. The summed E-state index contributed by atoms with van der Waals surface area (Å²) >= 11 is 0. The molecule has 5 nitrogen and oxygen atoms in total. The van der Waals surface area contributed by atoms with Gasteiger partial charge in [-0.2, -0.15) is 0 Å². The van der Waals surface area contributed by atoms with Gasteiger partial charge in [0.2, 0.25) is 0 Å². The van der Waals surface area contributed by atoms with Gasteiger partial charge >= 0.3 is 5.97 Å². The van der Waals surface area contributed by atoms with E-state index in [4.69, 9.17) is 14.6 Å². The smallest absolute Gasteiger partial charge is 0.303 e. The Morgan fingerprint density at radius 1 is 1.47 bits per heavy atom. The van der Waals surface area contributed by atoms with Crippen molar-refractivity contribution in [3.05, 3.63) is 0 Å². The van der Waals surface area contributed by atoms with Crippen LogP contribution in [0, 0.1) is 0 Å². The molecule has 0 bridgehead atoms. The highest BCUT2D eigenvalue weighted by Gasteiger charge is 2.35. The Morgan fingerprint density at radius 3 is 3.00 bits per heavy atom. The van der Waals surface area contributed by atoms with Crippen molar-refractivity contribution in [2.24, 2.45) is 0 Å². The van der Waals surface area contributed by atoms with Gasteiger partial charge in [0.25, 0.3) is 0 Å². The molecule has 0 aromatic heterocycles. The summed E-state index contributed by atoms with van der Waals surface area (Å²) in [7, 11) is 2.10. The molecule has 2 fully saturated rings. The van der Waals surface area contributed by atoms with Crippen LogP contribution in [-0.4, -0.2) is 54.6 Å². The molecule has 3 unspecified atom stereocenters. The molecule has 2 aliphatic heterocycles. The van der Waals surface area contributed by atoms with Gasteiger partial charge in [-0.25, -0.2) is 0 Å². The molecule has 0 radical (unpaired) electrons. The van der Waals surface area contributed by atoms with Crippen molar-refractivity contribution in [1.29, 1.82) is 0 Å². The minimum atomic E-state index is -0.771. The molecular formula is C12H21NO4. The number of nitrogens with zero attached hydrogens (tertiary/aromatic N) is 1. The van der Waals surface area contributed by atoms with Crippen LogP contribution in [0.25, 0.3) is 0 Å². The van der Waals surface area contributed by atoms with Crippen LogP contribution in [0.4, 0.5) is 0 Å². The van der Waals surface area contributed by atoms with Crippen molar-refractivity contribution in [3.8, 4) is 0 Å². The van der Waals surface area contributed by atoms with E-state index in [-0.39, 0.29) is 18.8 Å². The average Bonchev–Trinajstić information content (AvgIpc) is 2.75. The number of likely N-dealkylation sites (tertiary alicyclic amines) is 1. The average molecular weight is 243 g/mol. The minimum absolute atomic E-state index is 0.0496. The SMILES string of the molecule is CN1CCCCC1C1OCC(CCC(=O)O)O1. The zero-order valence-electron chi connectivity index (χ0n) is 10.3. The lowest BCUT2D eigenvalue weighted by Gasteiger charge is -2.35. The second-order valence-electron chi connectivity index (χ2n) is 4.94.